The van der Waals surface area contributed by atoms with Crippen LogP contribution in [0.3, 0.4) is 0 Å². The van der Waals surface area contributed by atoms with Crippen molar-refractivity contribution in [2.75, 3.05) is 13.6 Å². The summed E-state index contributed by atoms with van der Waals surface area (Å²) < 4.78 is 1.96. The van der Waals surface area contributed by atoms with Gasteiger partial charge in [0.2, 0.25) is 0 Å². The normalized spacial score (nSPS) is 12.1. The SMILES string of the molecule is Cc1cc(C)n(-c2ccc(CN(C)CC(C)(C)O)cc2)n1. The van der Waals surface area contributed by atoms with Crippen LogP contribution >= 0.6 is 0 Å². The number of benzene rings is 1. The molecule has 0 amide bonds. The van der Waals surface area contributed by atoms with E-state index in [1.54, 1.807) is 0 Å². The van der Waals surface area contributed by atoms with Crippen molar-refractivity contribution in [2.24, 2.45) is 0 Å². The van der Waals surface area contributed by atoms with Crippen LogP contribution in [-0.4, -0.2) is 39.0 Å². The fourth-order valence-corrected chi connectivity index (χ4v) is 2.66. The molecule has 2 rings (SSSR count). The lowest BCUT2D eigenvalue weighted by Crippen LogP contribution is -2.35. The molecular formula is C17H25N3O. The van der Waals surface area contributed by atoms with Crippen molar-refractivity contribution in [1.29, 1.82) is 0 Å². The molecule has 0 saturated heterocycles. The zero-order chi connectivity index (χ0) is 15.6. The number of aromatic nitrogens is 2. The van der Waals surface area contributed by atoms with Crippen LogP contribution in [0.2, 0.25) is 0 Å². The topological polar surface area (TPSA) is 41.3 Å². The van der Waals surface area contributed by atoms with E-state index in [2.05, 4.69) is 47.3 Å². The van der Waals surface area contributed by atoms with Gasteiger partial charge in [0, 0.05) is 18.8 Å². The predicted molar refractivity (Wildman–Crippen MR) is 85.7 cm³/mol. The van der Waals surface area contributed by atoms with E-state index in [0.29, 0.717) is 6.54 Å². The van der Waals surface area contributed by atoms with Gasteiger partial charge in [-0.25, -0.2) is 4.68 Å². The molecule has 0 aliphatic rings. The molecule has 0 saturated carbocycles. The molecule has 0 fully saturated rings. The van der Waals surface area contributed by atoms with Gasteiger partial charge in [-0.15, -0.1) is 0 Å². The molecule has 4 nitrogen and oxygen atoms in total. The van der Waals surface area contributed by atoms with E-state index >= 15 is 0 Å². The summed E-state index contributed by atoms with van der Waals surface area (Å²) in [5, 5.41) is 14.3. The maximum Gasteiger partial charge on any atom is 0.0718 e. The lowest BCUT2D eigenvalue weighted by molar-refractivity contribution is 0.0425. The maximum atomic E-state index is 9.84. The largest absolute Gasteiger partial charge is 0.389 e. The van der Waals surface area contributed by atoms with Crippen molar-refractivity contribution >= 4 is 0 Å². The van der Waals surface area contributed by atoms with E-state index in [-0.39, 0.29) is 0 Å². The molecule has 21 heavy (non-hydrogen) atoms. The van der Waals surface area contributed by atoms with Crippen molar-refractivity contribution in [3.8, 4) is 5.69 Å². The van der Waals surface area contributed by atoms with Crippen molar-refractivity contribution < 1.29 is 5.11 Å². The van der Waals surface area contributed by atoms with Gasteiger partial charge in [-0.3, -0.25) is 4.90 Å². The first-order valence-electron chi connectivity index (χ1n) is 7.28. The Morgan fingerprint density at radius 1 is 1.19 bits per heavy atom. The fraction of sp³-hybridized carbons (Fsp3) is 0.471. The van der Waals surface area contributed by atoms with Crippen LogP contribution in [0.4, 0.5) is 0 Å². The maximum absolute atomic E-state index is 9.84. The van der Waals surface area contributed by atoms with Gasteiger partial charge in [-0.2, -0.15) is 5.10 Å². The summed E-state index contributed by atoms with van der Waals surface area (Å²) in [6.07, 6.45) is 0. The average Bonchev–Trinajstić information content (AvgIpc) is 2.67. The Bertz CT molecular complexity index is 593. The molecule has 1 aromatic heterocycles. The Morgan fingerprint density at radius 3 is 2.29 bits per heavy atom. The van der Waals surface area contributed by atoms with Gasteiger partial charge in [0.15, 0.2) is 0 Å². The quantitative estimate of drug-likeness (QED) is 0.919. The summed E-state index contributed by atoms with van der Waals surface area (Å²) in [5.74, 6) is 0. The molecule has 1 heterocycles. The third-order valence-electron chi connectivity index (χ3n) is 3.30. The van der Waals surface area contributed by atoms with E-state index < -0.39 is 5.60 Å². The molecule has 0 spiro atoms. The minimum atomic E-state index is -0.668. The second-order valence-electron chi connectivity index (χ2n) is 6.49. The minimum Gasteiger partial charge on any atom is -0.389 e. The van der Waals surface area contributed by atoms with E-state index in [4.69, 9.17) is 0 Å². The van der Waals surface area contributed by atoms with Crippen molar-refractivity contribution in [3.05, 3.63) is 47.3 Å². The highest BCUT2D eigenvalue weighted by molar-refractivity contribution is 5.36. The molecule has 1 aromatic carbocycles. The van der Waals surface area contributed by atoms with Crippen LogP contribution in [0.1, 0.15) is 30.8 Å². The summed E-state index contributed by atoms with van der Waals surface area (Å²) in [6.45, 7) is 9.19. The summed E-state index contributed by atoms with van der Waals surface area (Å²) in [4.78, 5) is 2.12. The van der Waals surface area contributed by atoms with Gasteiger partial charge in [-0.1, -0.05) is 12.1 Å². The molecule has 0 aliphatic heterocycles. The van der Waals surface area contributed by atoms with E-state index in [1.165, 1.54) is 5.56 Å². The van der Waals surface area contributed by atoms with Crippen molar-refractivity contribution in [3.63, 3.8) is 0 Å². The fourth-order valence-electron chi connectivity index (χ4n) is 2.66. The Hall–Kier alpha value is -1.65. The average molecular weight is 287 g/mol. The number of hydrogen-bond acceptors (Lipinski definition) is 3. The molecule has 0 aliphatic carbocycles. The highest BCUT2D eigenvalue weighted by Gasteiger charge is 2.15. The molecule has 2 aromatic rings. The van der Waals surface area contributed by atoms with Gasteiger partial charge in [-0.05, 0) is 58.5 Å². The van der Waals surface area contributed by atoms with Crippen LogP contribution in [0.15, 0.2) is 30.3 Å². The van der Waals surface area contributed by atoms with Crippen LogP contribution in [0.5, 0.6) is 0 Å². The molecule has 0 unspecified atom stereocenters. The second kappa shape index (κ2) is 6.00. The van der Waals surface area contributed by atoms with Crippen LogP contribution in [0.25, 0.3) is 5.69 Å². The number of hydrogen-bond donors (Lipinski definition) is 1. The highest BCUT2D eigenvalue weighted by atomic mass is 16.3. The summed E-state index contributed by atoms with van der Waals surface area (Å²) in [6, 6.07) is 10.5. The number of aliphatic hydroxyl groups is 1. The van der Waals surface area contributed by atoms with Gasteiger partial charge in [0.05, 0.1) is 17.0 Å². The molecule has 0 radical (unpaired) electrons. The third-order valence-corrected chi connectivity index (χ3v) is 3.30. The van der Waals surface area contributed by atoms with Gasteiger partial charge in [0.25, 0.3) is 0 Å². The molecule has 0 atom stereocenters. The lowest BCUT2D eigenvalue weighted by atomic mass is 10.1. The monoisotopic (exact) mass is 287 g/mol. The molecule has 1 N–H and O–H groups in total. The third kappa shape index (κ3) is 4.41. The first kappa shape index (κ1) is 15.7. The van der Waals surface area contributed by atoms with E-state index in [1.807, 2.05) is 32.5 Å². The Labute approximate surface area is 127 Å². The van der Waals surface area contributed by atoms with Crippen molar-refractivity contribution in [1.82, 2.24) is 14.7 Å². The molecule has 114 valence electrons. The highest BCUT2D eigenvalue weighted by Crippen LogP contribution is 2.14. The zero-order valence-corrected chi connectivity index (χ0v) is 13.6. The molecular weight excluding hydrogens is 262 g/mol. The van der Waals surface area contributed by atoms with E-state index in [0.717, 1.165) is 23.6 Å². The smallest absolute Gasteiger partial charge is 0.0718 e. The van der Waals surface area contributed by atoms with Gasteiger partial charge in [0.1, 0.15) is 0 Å². The van der Waals surface area contributed by atoms with Crippen molar-refractivity contribution in [2.45, 2.75) is 39.8 Å². The zero-order valence-electron chi connectivity index (χ0n) is 13.6. The summed E-state index contributed by atoms with van der Waals surface area (Å²) in [5.41, 5.74) is 3.81. The Morgan fingerprint density at radius 2 is 1.81 bits per heavy atom. The summed E-state index contributed by atoms with van der Waals surface area (Å²) in [7, 11) is 2.02. The van der Waals surface area contributed by atoms with Crippen LogP contribution in [-0.2, 0) is 6.54 Å². The minimum absolute atomic E-state index is 0.645. The van der Waals surface area contributed by atoms with Crippen LogP contribution < -0.4 is 0 Å². The molecule has 4 heteroatoms. The standard InChI is InChI=1S/C17H25N3O/c1-13-10-14(2)20(18-13)16-8-6-15(7-9-16)11-19(5)12-17(3,4)21/h6-10,21H,11-12H2,1-5H3. The summed E-state index contributed by atoms with van der Waals surface area (Å²) >= 11 is 0. The van der Waals surface area contributed by atoms with E-state index in [9.17, 15) is 5.11 Å². The number of aryl methyl sites for hydroxylation is 2. The van der Waals surface area contributed by atoms with Gasteiger partial charge >= 0.3 is 0 Å². The van der Waals surface area contributed by atoms with Crippen LogP contribution in [0, 0.1) is 13.8 Å². The lowest BCUT2D eigenvalue weighted by Gasteiger charge is -2.25. The molecule has 0 bridgehead atoms. The second-order valence-corrected chi connectivity index (χ2v) is 6.49. The number of nitrogens with zero attached hydrogens (tertiary/aromatic N) is 3. The number of likely N-dealkylation sites (N-methyl/N-ethyl adjacent to an activating group) is 1. The predicted octanol–water partition coefficient (Wildman–Crippen LogP) is 2.69. The first-order chi connectivity index (χ1) is 9.74. The van der Waals surface area contributed by atoms with Gasteiger partial charge < -0.3 is 5.11 Å². The number of rotatable bonds is 5. The Balaban J connectivity index is 2.07. The first-order valence-corrected chi connectivity index (χ1v) is 7.28. The Kier molecular flexibility index (Phi) is 4.49.